The van der Waals surface area contributed by atoms with Crippen molar-refractivity contribution in [3.8, 4) is 0 Å². The molecule has 2 aromatic rings. The van der Waals surface area contributed by atoms with Crippen molar-refractivity contribution in [2.75, 3.05) is 0 Å². The third-order valence-corrected chi connectivity index (χ3v) is 3.93. The summed E-state index contributed by atoms with van der Waals surface area (Å²) in [7, 11) is 0. The first-order chi connectivity index (χ1) is 11.1. The summed E-state index contributed by atoms with van der Waals surface area (Å²) in [6, 6.07) is 8.34. The molecule has 1 aromatic heterocycles. The van der Waals surface area contributed by atoms with Gasteiger partial charge in [0.2, 0.25) is 5.91 Å². The van der Waals surface area contributed by atoms with Crippen LogP contribution in [0.2, 0.25) is 0 Å². The van der Waals surface area contributed by atoms with Crippen LogP contribution in [0.4, 0.5) is 4.39 Å². The van der Waals surface area contributed by atoms with E-state index >= 15 is 0 Å². The topological polar surface area (TPSA) is 42.0 Å². The zero-order chi connectivity index (χ0) is 16.7. The molecule has 0 radical (unpaired) electrons. The number of pyridine rings is 1. The molecule has 0 bridgehead atoms. The molecular weight excluding hydrogens is 291 g/mol. The van der Waals surface area contributed by atoms with Gasteiger partial charge in [0.25, 0.3) is 0 Å². The van der Waals surface area contributed by atoms with E-state index in [0.29, 0.717) is 0 Å². The average molecular weight is 314 g/mol. The van der Waals surface area contributed by atoms with Crippen molar-refractivity contribution < 1.29 is 9.18 Å². The second-order valence-corrected chi connectivity index (χ2v) is 5.80. The highest BCUT2D eigenvalue weighted by Crippen LogP contribution is 2.19. The summed E-state index contributed by atoms with van der Waals surface area (Å²) in [5.41, 5.74) is 2.65. The zero-order valence-corrected chi connectivity index (χ0v) is 13.7. The fraction of sp³-hybridized carbons (Fsp3) is 0.368. The quantitative estimate of drug-likeness (QED) is 0.835. The summed E-state index contributed by atoms with van der Waals surface area (Å²) in [6.07, 6.45) is 6.66. The highest BCUT2D eigenvalue weighted by molar-refractivity contribution is 5.79. The first-order valence-electron chi connectivity index (χ1n) is 8.04. The average Bonchev–Trinajstić information content (AvgIpc) is 2.55. The Morgan fingerprint density at radius 2 is 2.17 bits per heavy atom. The van der Waals surface area contributed by atoms with Crippen LogP contribution in [-0.4, -0.2) is 10.9 Å². The normalized spacial score (nSPS) is 12.0. The van der Waals surface area contributed by atoms with Crippen LogP contribution in [0.25, 0.3) is 0 Å². The molecule has 1 heterocycles. The van der Waals surface area contributed by atoms with E-state index in [1.54, 1.807) is 18.5 Å². The highest BCUT2D eigenvalue weighted by atomic mass is 19.1. The first kappa shape index (κ1) is 17.1. The minimum Gasteiger partial charge on any atom is -0.349 e. The number of hydrogen-bond donors (Lipinski definition) is 1. The van der Waals surface area contributed by atoms with Gasteiger partial charge < -0.3 is 5.32 Å². The largest absolute Gasteiger partial charge is 0.349 e. The third kappa shape index (κ3) is 5.16. The lowest BCUT2D eigenvalue weighted by molar-refractivity contribution is -0.121. The van der Waals surface area contributed by atoms with Crippen LogP contribution in [0.1, 0.15) is 48.9 Å². The predicted octanol–water partition coefficient (Wildman–Crippen LogP) is 4.12. The molecule has 1 amide bonds. The Morgan fingerprint density at radius 1 is 1.35 bits per heavy atom. The maximum atomic E-state index is 13.4. The van der Waals surface area contributed by atoms with Crippen molar-refractivity contribution >= 4 is 5.91 Å². The number of hydrogen-bond acceptors (Lipinski definition) is 2. The van der Waals surface area contributed by atoms with Gasteiger partial charge in [-0.25, -0.2) is 4.39 Å². The Morgan fingerprint density at radius 3 is 2.87 bits per heavy atom. The molecule has 23 heavy (non-hydrogen) atoms. The second kappa shape index (κ2) is 8.42. The van der Waals surface area contributed by atoms with E-state index in [4.69, 9.17) is 0 Å². The highest BCUT2D eigenvalue weighted by Gasteiger charge is 2.15. The van der Waals surface area contributed by atoms with Crippen molar-refractivity contribution in [3.05, 3.63) is 65.2 Å². The van der Waals surface area contributed by atoms with Gasteiger partial charge in [-0.3, -0.25) is 9.78 Å². The Kier molecular flexibility index (Phi) is 6.27. The summed E-state index contributed by atoms with van der Waals surface area (Å²) >= 11 is 0. The SMILES string of the molecule is CCCCC(NC(=O)Cc1cc(F)ccc1C)c1cccnc1. The van der Waals surface area contributed by atoms with E-state index in [1.165, 1.54) is 12.1 Å². The summed E-state index contributed by atoms with van der Waals surface area (Å²) in [4.78, 5) is 16.5. The number of carbonyl (C=O) groups excluding carboxylic acids is 1. The molecule has 0 aliphatic rings. The number of nitrogens with one attached hydrogen (secondary N) is 1. The molecule has 0 fully saturated rings. The van der Waals surface area contributed by atoms with Gasteiger partial charge in [0.1, 0.15) is 5.82 Å². The monoisotopic (exact) mass is 314 g/mol. The van der Waals surface area contributed by atoms with Gasteiger partial charge in [-0.05, 0) is 48.2 Å². The second-order valence-electron chi connectivity index (χ2n) is 5.80. The van der Waals surface area contributed by atoms with E-state index in [9.17, 15) is 9.18 Å². The van der Waals surface area contributed by atoms with Crippen molar-refractivity contribution in [2.24, 2.45) is 0 Å². The van der Waals surface area contributed by atoms with Crippen LogP contribution in [-0.2, 0) is 11.2 Å². The van der Waals surface area contributed by atoms with Gasteiger partial charge in [-0.1, -0.05) is 31.9 Å². The predicted molar refractivity (Wildman–Crippen MR) is 89.5 cm³/mol. The van der Waals surface area contributed by atoms with Crippen LogP contribution in [0.3, 0.4) is 0 Å². The molecule has 0 spiro atoms. The number of unbranched alkanes of at least 4 members (excludes halogenated alkanes) is 1. The van der Waals surface area contributed by atoms with Crippen LogP contribution in [0.15, 0.2) is 42.7 Å². The number of amides is 1. The number of nitrogens with zero attached hydrogens (tertiary/aromatic N) is 1. The van der Waals surface area contributed by atoms with Gasteiger partial charge in [0.05, 0.1) is 12.5 Å². The lowest BCUT2D eigenvalue weighted by atomic mass is 10.0. The van der Waals surface area contributed by atoms with E-state index < -0.39 is 0 Å². The van der Waals surface area contributed by atoms with E-state index in [0.717, 1.165) is 36.0 Å². The Balaban J connectivity index is 2.06. The smallest absolute Gasteiger partial charge is 0.224 e. The van der Waals surface area contributed by atoms with Gasteiger partial charge in [-0.2, -0.15) is 0 Å². The molecule has 0 saturated carbocycles. The number of aryl methyl sites for hydroxylation is 1. The molecule has 1 atom stereocenters. The number of rotatable bonds is 7. The molecule has 0 saturated heterocycles. The van der Waals surface area contributed by atoms with Crippen LogP contribution in [0, 0.1) is 12.7 Å². The fourth-order valence-corrected chi connectivity index (χ4v) is 2.56. The van der Waals surface area contributed by atoms with Gasteiger partial charge >= 0.3 is 0 Å². The Hall–Kier alpha value is -2.23. The maximum absolute atomic E-state index is 13.4. The third-order valence-electron chi connectivity index (χ3n) is 3.93. The summed E-state index contributed by atoms with van der Waals surface area (Å²) in [6.45, 7) is 4.01. The molecule has 0 aliphatic heterocycles. The van der Waals surface area contributed by atoms with Crippen molar-refractivity contribution in [2.45, 2.75) is 45.6 Å². The lowest BCUT2D eigenvalue weighted by Crippen LogP contribution is -2.30. The molecular formula is C19H23FN2O. The lowest BCUT2D eigenvalue weighted by Gasteiger charge is -2.19. The standard InChI is InChI=1S/C19H23FN2O/c1-3-4-7-18(15-6-5-10-21-13-15)22-19(23)12-16-11-17(20)9-8-14(16)2/h5-6,8-11,13,18H,3-4,7,12H2,1-2H3,(H,22,23). The number of aromatic nitrogens is 1. The molecule has 122 valence electrons. The fourth-order valence-electron chi connectivity index (χ4n) is 2.56. The Labute approximate surface area is 137 Å². The molecule has 1 unspecified atom stereocenters. The summed E-state index contributed by atoms with van der Waals surface area (Å²) in [5, 5.41) is 3.06. The number of halogens is 1. The van der Waals surface area contributed by atoms with Crippen LogP contribution >= 0.6 is 0 Å². The molecule has 3 nitrogen and oxygen atoms in total. The van der Waals surface area contributed by atoms with Crippen LogP contribution < -0.4 is 5.32 Å². The van der Waals surface area contributed by atoms with Crippen molar-refractivity contribution in [3.63, 3.8) is 0 Å². The van der Waals surface area contributed by atoms with Crippen molar-refractivity contribution in [1.29, 1.82) is 0 Å². The molecule has 1 N–H and O–H groups in total. The van der Waals surface area contributed by atoms with Gasteiger partial charge in [0.15, 0.2) is 0 Å². The summed E-state index contributed by atoms with van der Waals surface area (Å²) in [5.74, 6) is -0.406. The number of carbonyl (C=O) groups is 1. The molecule has 2 rings (SSSR count). The van der Waals surface area contributed by atoms with E-state index in [1.807, 2.05) is 19.1 Å². The van der Waals surface area contributed by atoms with Gasteiger partial charge in [0, 0.05) is 12.4 Å². The first-order valence-corrected chi connectivity index (χ1v) is 8.04. The van der Waals surface area contributed by atoms with E-state index in [-0.39, 0.29) is 24.2 Å². The minimum atomic E-state index is -0.312. The van der Waals surface area contributed by atoms with Crippen molar-refractivity contribution in [1.82, 2.24) is 10.3 Å². The van der Waals surface area contributed by atoms with Gasteiger partial charge in [-0.15, -0.1) is 0 Å². The molecule has 4 heteroatoms. The molecule has 0 aliphatic carbocycles. The van der Waals surface area contributed by atoms with Crippen LogP contribution in [0.5, 0.6) is 0 Å². The molecule has 1 aromatic carbocycles. The Bertz CT molecular complexity index is 643. The maximum Gasteiger partial charge on any atom is 0.224 e. The summed E-state index contributed by atoms with van der Waals surface area (Å²) < 4.78 is 13.4. The minimum absolute atomic E-state index is 0.0509. The van der Waals surface area contributed by atoms with E-state index in [2.05, 4.69) is 17.2 Å². The number of benzene rings is 1. The zero-order valence-electron chi connectivity index (χ0n) is 13.7.